The number of Topliss-reactive ketones (excluding diaryl/α,β-unsaturated/α-hetero) is 1. The molecule has 1 atom stereocenters. The minimum Gasteiger partial charge on any atom is -0.358 e. The van der Waals surface area contributed by atoms with Crippen molar-refractivity contribution in [1.82, 2.24) is 9.78 Å². The van der Waals surface area contributed by atoms with Gasteiger partial charge < -0.3 is 10.1 Å². The molecular weight excluding hydrogens is 270 g/mol. The second-order valence-corrected chi connectivity index (χ2v) is 4.39. The molecule has 1 unspecified atom stereocenters. The first kappa shape index (κ1) is 13.2. The van der Waals surface area contributed by atoms with Crippen LogP contribution in [0.3, 0.4) is 0 Å². The lowest BCUT2D eigenvalue weighted by molar-refractivity contribution is -0.389. The summed E-state index contributed by atoms with van der Waals surface area (Å²) in [6.07, 6.45) is 1.41. The molecule has 19 heavy (non-hydrogen) atoms. The van der Waals surface area contributed by atoms with E-state index in [9.17, 15) is 14.9 Å². The fourth-order valence-corrected chi connectivity index (χ4v) is 1.74. The molecule has 0 N–H and O–H groups in total. The van der Waals surface area contributed by atoms with Gasteiger partial charge in [-0.1, -0.05) is 11.6 Å². The highest BCUT2D eigenvalue weighted by Gasteiger charge is 2.22. The maximum absolute atomic E-state index is 12.2. The Morgan fingerprint density at radius 2 is 2.00 bits per heavy atom. The number of ketones is 1. The van der Waals surface area contributed by atoms with Gasteiger partial charge in [0.2, 0.25) is 0 Å². The van der Waals surface area contributed by atoms with E-state index in [1.165, 1.54) is 16.9 Å². The second-order valence-electron chi connectivity index (χ2n) is 3.96. The Morgan fingerprint density at radius 3 is 2.53 bits per heavy atom. The van der Waals surface area contributed by atoms with Crippen molar-refractivity contribution in [1.29, 1.82) is 0 Å². The van der Waals surface area contributed by atoms with Crippen LogP contribution in [0.4, 0.5) is 5.82 Å². The van der Waals surface area contributed by atoms with Gasteiger partial charge in [0.15, 0.2) is 5.78 Å². The van der Waals surface area contributed by atoms with E-state index in [0.29, 0.717) is 10.6 Å². The first-order valence-corrected chi connectivity index (χ1v) is 5.86. The zero-order valence-corrected chi connectivity index (χ0v) is 10.7. The number of hydrogen-bond donors (Lipinski definition) is 0. The van der Waals surface area contributed by atoms with Crippen molar-refractivity contribution in [2.24, 2.45) is 0 Å². The largest absolute Gasteiger partial charge is 0.389 e. The molecule has 0 fully saturated rings. The third-order valence-corrected chi connectivity index (χ3v) is 2.94. The summed E-state index contributed by atoms with van der Waals surface area (Å²) in [6.45, 7) is 1.63. The SMILES string of the molecule is CC(C(=O)c1ccc(Cl)cc1)n1ccc([N+](=O)[O-])n1. The molecule has 0 saturated heterocycles. The van der Waals surface area contributed by atoms with Crippen LogP contribution in [0.15, 0.2) is 36.5 Å². The number of carbonyl (C=O) groups is 1. The van der Waals surface area contributed by atoms with Crippen molar-refractivity contribution in [3.8, 4) is 0 Å². The van der Waals surface area contributed by atoms with Gasteiger partial charge in [-0.2, -0.15) is 4.68 Å². The van der Waals surface area contributed by atoms with Crippen LogP contribution in [-0.4, -0.2) is 20.5 Å². The Kier molecular flexibility index (Phi) is 3.62. The summed E-state index contributed by atoms with van der Waals surface area (Å²) >= 11 is 5.75. The molecule has 0 bridgehead atoms. The number of halogens is 1. The second kappa shape index (κ2) is 5.19. The summed E-state index contributed by atoms with van der Waals surface area (Å²) in [5.41, 5.74) is 0.482. The Bertz CT molecular complexity index is 621. The van der Waals surface area contributed by atoms with Gasteiger partial charge in [-0.15, -0.1) is 0 Å². The van der Waals surface area contributed by atoms with Crippen molar-refractivity contribution >= 4 is 23.2 Å². The maximum Gasteiger partial charge on any atom is 0.389 e. The van der Waals surface area contributed by atoms with Crippen molar-refractivity contribution < 1.29 is 9.72 Å². The van der Waals surface area contributed by atoms with E-state index in [4.69, 9.17) is 11.6 Å². The fourth-order valence-electron chi connectivity index (χ4n) is 1.62. The lowest BCUT2D eigenvalue weighted by Gasteiger charge is -2.07. The Balaban J connectivity index is 2.22. The number of benzene rings is 1. The van der Waals surface area contributed by atoms with Crippen LogP contribution >= 0.6 is 11.6 Å². The van der Waals surface area contributed by atoms with Crippen LogP contribution < -0.4 is 0 Å². The van der Waals surface area contributed by atoms with Crippen LogP contribution in [0.1, 0.15) is 23.3 Å². The summed E-state index contributed by atoms with van der Waals surface area (Å²) in [5, 5.41) is 14.8. The average molecular weight is 280 g/mol. The summed E-state index contributed by atoms with van der Waals surface area (Å²) in [4.78, 5) is 22.1. The van der Waals surface area contributed by atoms with E-state index in [1.54, 1.807) is 31.2 Å². The predicted molar refractivity (Wildman–Crippen MR) is 69.4 cm³/mol. The van der Waals surface area contributed by atoms with Crippen molar-refractivity contribution in [2.75, 3.05) is 0 Å². The van der Waals surface area contributed by atoms with E-state index in [-0.39, 0.29) is 11.6 Å². The molecule has 0 amide bonds. The van der Waals surface area contributed by atoms with Gasteiger partial charge in [-0.3, -0.25) is 4.79 Å². The highest BCUT2D eigenvalue weighted by atomic mass is 35.5. The third-order valence-electron chi connectivity index (χ3n) is 2.69. The number of rotatable bonds is 4. The molecule has 0 radical (unpaired) electrons. The molecule has 0 aliphatic rings. The summed E-state index contributed by atoms with van der Waals surface area (Å²) in [5.74, 6) is -0.467. The van der Waals surface area contributed by atoms with Crippen LogP contribution in [-0.2, 0) is 0 Å². The van der Waals surface area contributed by atoms with Crippen molar-refractivity contribution in [3.63, 3.8) is 0 Å². The first-order chi connectivity index (χ1) is 8.99. The summed E-state index contributed by atoms with van der Waals surface area (Å²) in [6, 6.07) is 7.10. The van der Waals surface area contributed by atoms with Crippen molar-refractivity contribution in [3.05, 3.63) is 57.2 Å². The number of nitro groups is 1. The van der Waals surface area contributed by atoms with Gasteiger partial charge >= 0.3 is 5.82 Å². The minimum atomic E-state index is -0.616. The first-order valence-electron chi connectivity index (χ1n) is 5.48. The van der Waals surface area contributed by atoms with Crippen molar-refractivity contribution in [2.45, 2.75) is 13.0 Å². The van der Waals surface area contributed by atoms with E-state index < -0.39 is 11.0 Å². The number of carbonyl (C=O) groups excluding carboxylic acids is 1. The van der Waals surface area contributed by atoms with Crippen LogP contribution in [0.5, 0.6) is 0 Å². The Hall–Kier alpha value is -2.21. The Morgan fingerprint density at radius 1 is 1.37 bits per heavy atom. The monoisotopic (exact) mass is 279 g/mol. The van der Waals surface area contributed by atoms with Gasteiger partial charge in [0.05, 0.1) is 17.4 Å². The molecule has 0 saturated carbocycles. The minimum absolute atomic E-state index is 0.185. The zero-order chi connectivity index (χ0) is 14.0. The van der Waals surface area contributed by atoms with Gasteiger partial charge in [0.1, 0.15) is 6.04 Å². The van der Waals surface area contributed by atoms with E-state index in [1.807, 2.05) is 0 Å². The highest BCUT2D eigenvalue weighted by Crippen LogP contribution is 2.17. The predicted octanol–water partition coefficient (Wildman–Crippen LogP) is 2.89. The smallest absolute Gasteiger partial charge is 0.358 e. The standard InChI is InChI=1S/C12H10ClN3O3/c1-8(15-7-6-11(14-15)16(18)19)12(17)9-2-4-10(13)5-3-9/h2-8H,1H3. The molecule has 7 heteroatoms. The molecule has 0 aliphatic carbocycles. The van der Waals surface area contributed by atoms with Gasteiger partial charge in [-0.05, 0) is 36.1 Å². The summed E-state index contributed by atoms with van der Waals surface area (Å²) < 4.78 is 1.27. The summed E-state index contributed by atoms with van der Waals surface area (Å²) in [7, 11) is 0. The van der Waals surface area contributed by atoms with Gasteiger partial charge in [0, 0.05) is 10.6 Å². The van der Waals surface area contributed by atoms with E-state index >= 15 is 0 Å². The average Bonchev–Trinajstić information content (AvgIpc) is 2.87. The molecule has 1 aromatic heterocycles. The molecular formula is C12H10ClN3O3. The maximum atomic E-state index is 12.2. The molecule has 0 spiro atoms. The number of hydrogen-bond acceptors (Lipinski definition) is 4. The fraction of sp³-hybridized carbons (Fsp3) is 0.167. The number of nitrogens with zero attached hydrogens (tertiary/aromatic N) is 3. The van der Waals surface area contributed by atoms with E-state index in [0.717, 1.165) is 0 Å². The van der Waals surface area contributed by atoms with Crippen LogP contribution in [0, 0.1) is 10.1 Å². The van der Waals surface area contributed by atoms with Crippen LogP contribution in [0.25, 0.3) is 0 Å². The highest BCUT2D eigenvalue weighted by molar-refractivity contribution is 6.30. The molecule has 98 valence electrons. The molecule has 1 aromatic carbocycles. The van der Waals surface area contributed by atoms with Gasteiger partial charge in [-0.25, -0.2) is 0 Å². The van der Waals surface area contributed by atoms with E-state index in [2.05, 4.69) is 5.10 Å². The third kappa shape index (κ3) is 2.79. The normalized spacial score (nSPS) is 12.1. The molecule has 6 nitrogen and oxygen atoms in total. The number of aromatic nitrogens is 2. The molecule has 2 aromatic rings. The topological polar surface area (TPSA) is 78.0 Å². The quantitative estimate of drug-likeness (QED) is 0.490. The van der Waals surface area contributed by atoms with Crippen LogP contribution in [0.2, 0.25) is 5.02 Å². The molecule has 0 aliphatic heterocycles. The lowest BCUT2D eigenvalue weighted by atomic mass is 10.1. The lowest BCUT2D eigenvalue weighted by Crippen LogP contribution is -2.17. The zero-order valence-electron chi connectivity index (χ0n) is 9.99. The molecule has 1 heterocycles. The molecule has 2 rings (SSSR count). The Labute approximate surface area is 113 Å². The van der Waals surface area contributed by atoms with Gasteiger partial charge in [0.25, 0.3) is 0 Å².